The summed E-state index contributed by atoms with van der Waals surface area (Å²) in [6.07, 6.45) is 66.9. The summed E-state index contributed by atoms with van der Waals surface area (Å²) in [6.45, 7) is 4.08. The number of rotatable bonds is 55. The largest absolute Gasteiger partial charge is 0.394 e. The molecule has 6 heteroatoms. The topological polar surface area (TPSA) is 110 Å². The summed E-state index contributed by atoms with van der Waals surface area (Å²) in [7, 11) is 0. The normalized spacial score (nSPS) is 13.8. The van der Waals surface area contributed by atoms with Gasteiger partial charge in [-0.3, -0.25) is 4.79 Å². The minimum atomic E-state index is -1.29. The Morgan fingerprint density at radius 1 is 0.364 bits per heavy atom. The minimum Gasteiger partial charge on any atom is -0.394 e. The van der Waals surface area contributed by atoms with Crippen molar-refractivity contribution in [2.75, 3.05) is 6.61 Å². The number of nitrogens with one attached hydrogen (secondary N) is 1. The van der Waals surface area contributed by atoms with Crippen LogP contribution in [0.3, 0.4) is 0 Å². The summed E-state index contributed by atoms with van der Waals surface area (Å²) < 4.78 is 0. The highest BCUT2D eigenvalue weighted by molar-refractivity contribution is 5.80. The van der Waals surface area contributed by atoms with Crippen molar-refractivity contribution in [2.24, 2.45) is 0 Å². The molecule has 0 spiro atoms. The van der Waals surface area contributed by atoms with Crippen LogP contribution in [0, 0.1) is 0 Å². The van der Waals surface area contributed by atoms with Crippen molar-refractivity contribution < 1.29 is 25.2 Å². The first-order valence-corrected chi connectivity index (χ1v) is 29.7. The van der Waals surface area contributed by atoms with E-state index in [0.29, 0.717) is 19.3 Å². The van der Waals surface area contributed by atoms with Crippen LogP contribution < -0.4 is 5.32 Å². The van der Waals surface area contributed by atoms with E-state index >= 15 is 0 Å². The third-order valence-electron chi connectivity index (χ3n) is 14.1. The molecule has 66 heavy (non-hydrogen) atoms. The zero-order valence-corrected chi connectivity index (χ0v) is 44.5. The van der Waals surface area contributed by atoms with Crippen LogP contribution in [0.2, 0.25) is 0 Å². The molecule has 0 heterocycles. The first-order valence-electron chi connectivity index (χ1n) is 29.7. The van der Waals surface area contributed by atoms with E-state index in [1.54, 1.807) is 0 Å². The molecule has 0 aromatic carbocycles. The lowest BCUT2D eigenvalue weighted by atomic mass is 10.00. The van der Waals surface area contributed by atoms with Crippen molar-refractivity contribution in [3.05, 3.63) is 24.3 Å². The van der Waals surface area contributed by atoms with Gasteiger partial charge in [0, 0.05) is 0 Å². The van der Waals surface area contributed by atoms with Gasteiger partial charge >= 0.3 is 0 Å². The second-order valence-corrected chi connectivity index (χ2v) is 20.7. The number of carbonyl (C=O) groups is 1. The van der Waals surface area contributed by atoms with Crippen molar-refractivity contribution in [3.8, 4) is 0 Å². The van der Waals surface area contributed by atoms with Gasteiger partial charge < -0.3 is 25.7 Å². The average molecular weight is 933 g/mol. The quantitative estimate of drug-likeness (QED) is 0.0308. The van der Waals surface area contributed by atoms with Gasteiger partial charge in [0.1, 0.15) is 12.2 Å². The van der Waals surface area contributed by atoms with Crippen LogP contribution in [-0.4, -0.2) is 57.3 Å². The Labute approximate surface area is 412 Å². The van der Waals surface area contributed by atoms with Gasteiger partial charge in [0.05, 0.1) is 18.8 Å². The van der Waals surface area contributed by atoms with E-state index in [-0.39, 0.29) is 0 Å². The van der Waals surface area contributed by atoms with Crippen LogP contribution >= 0.6 is 0 Å². The molecule has 4 unspecified atom stereocenters. The number of carbonyl (C=O) groups excluding carboxylic acids is 1. The standard InChI is InChI=1S/C60H117NO5/c1-3-5-7-9-11-13-15-17-19-21-23-25-27-29-30-32-33-35-37-39-41-43-45-47-49-51-53-57(63)59(65)56(55-62)61-60(66)58(64)54-52-50-48-46-44-42-40-38-36-34-31-28-26-24-22-20-18-16-14-12-10-8-6-4-2/h37,39,45,47,56-59,62-65H,3-36,38,40-44,46,48-55H2,1-2H3,(H,61,66)/b39-37+,47-45+. The third-order valence-corrected chi connectivity index (χ3v) is 14.1. The Morgan fingerprint density at radius 3 is 0.955 bits per heavy atom. The number of amides is 1. The molecule has 5 N–H and O–H groups in total. The van der Waals surface area contributed by atoms with Crippen molar-refractivity contribution in [1.29, 1.82) is 0 Å². The van der Waals surface area contributed by atoms with E-state index in [4.69, 9.17) is 0 Å². The summed E-state index contributed by atoms with van der Waals surface area (Å²) in [5, 5.41) is 44.0. The minimum absolute atomic E-state index is 0.365. The summed E-state index contributed by atoms with van der Waals surface area (Å²) >= 11 is 0. The maximum atomic E-state index is 12.6. The van der Waals surface area contributed by atoms with Gasteiger partial charge in [-0.05, 0) is 51.4 Å². The monoisotopic (exact) mass is 932 g/mol. The van der Waals surface area contributed by atoms with E-state index in [9.17, 15) is 25.2 Å². The van der Waals surface area contributed by atoms with Crippen molar-refractivity contribution >= 4 is 5.91 Å². The highest BCUT2D eigenvalue weighted by atomic mass is 16.3. The maximum absolute atomic E-state index is 12.6. The fourth-order valence-corrected chi connectivity index (χ4v) is 9.48. The van der Waals surface area contributed by atoms with Crippen molar-refractivity contribution in [3.63, 3.8) is 0 Å². The predicted octanol–water partition coefficient (Wildman–Crippen LogP) is 17.4. The molecule has 0 aromatic heterocycles. The zero-order valence-electron chi connectivity index (χ0n) is 44.5. The molecule has 6 nitrogen and oxygen atoms in total. The Bertz CT molecular complexity index is 1000. The highest BCUT2D eigenvalue weighted by Crippen LogP contribution is 2.18. The van der Waals surface area contributed by atoms with Gasteiger partial charge in [-0.2, -0.15) is 0 Å². The molecular weight excluding hydrogens is 815 g/mol. The van der Waals surface area contributed by atoms with Gasteiger partial charge in [0.15, 0.2) is 0 Å². The summed E-state index contributed by atoms with van der Waals surface area (Å²) in [5.74, 6) is -0.591. The Kier molecular flexibility index (Phi) is 53.7. The summed E-state index contributed by atoms with van der Waals surface area (Å²) in [5.41, 5.74) is 0. The van der Waals surface area contributed by atoms with Gasteiger partial charge in [0.2, 0.25) is 5.91 Å². The number of hydrogen-bond acceptors (Lipinski definition) is 5. The molecule has 0 rings (SSSR count). The van der Waals surface area contributed by atoms with Gasteiger partial charge in [-0.15, -0.1) is 0 Å². The summed E-state index contributed by atoms with van der Waals surface area (Å²) in [4.78, 5) is 12.6. The van der Waals surface area contributed by atoms with E-state index in [0.717, 1.165) is 38.5 Å². The fraction of sp³-hybridized carbons (Fsp3) is 0.917. The van der Waals surface area contributed by atoms with Gasteiger partial charge in [-0.1, -0.05) is 295 Å². The molecule has 4 atom stereocenters. The molecule has 0 saturated carbocycles. The second-order valence-electron chi connectivity index (χ2n) is 20.7. The predicted molar refractivity (Wildman–Crippen MR) is 288 cm³/mol. The molecule has 0 radical (unpaired) electrons. The van der Waals surface area contributed by atoms with Crippen LogP contribution in [0.4, 0.5) is 0 Å². The average Bonchev–Trinajstić information content (AvgIpc) is 3.32. The second kappa shape index (κ2) is 54.7. The molecule has 0 aliphatic rings. The maximum Gasteiger partial charge on any atom is 0.249 e. The molecule has 392 valence electrons. The number of unbranched alkanes of at least 4 members (excludes halogenated alkanes) is 42. The Hall–Kier alpha value is -1.21. The highest BCUT2D eigenvalue weighted by Gasteiger charge is 2.28. The first kappa shape index (κ1) is 64.8. The van der Waals surface area contributed by atoms with E-state index in [2.05, 4.69) is 43.5 Å². The number of allylic oxidation sites excluding steroid dienone is 4. The number of aliphatic hydroxyl groups excluding tert-OH is 4. The SMILES string of the molecule is CCCCCCCCCCCCCCCCCCC/C=C/CC/C=C/CCCC(O)C(O)C(CO)NC(=O)C(O)CCCCCCCCCCCCCCCCCCCCCCCCCC. The van der Waals surface area contributed by atoms with Crippen molar-refractivity contribution in [2.45, 2.75) is 346 Å². The smallest absolute Gasteiger partial charge is 0.249 e. The van der Waals surface area contributed by atoms with E-state index in [1.807, 2.05) is 0 Å². The lowest BCUT2D eigenvalue weighted by molar-refractivity contribution is -0.132. The van der Waals surface area contributed by atoms with Crippen LogP contribution in [-0.2, 0) is 4.79 Å². The van der Waals surface area contributed by atoms with E-state index in [1.165, 1.54) is 250 Å². The molecule has 0 bridgehead atoms. The molecular formula is C60H117NO5. The number of hydrogen-bond donors (Lipinski definition) is 5. The Morgan fingerprint density at radius 2 is 0.636 bits per heavy atom. The van der Waals surface area contributed by atoms with Gasteiger partial charge in [0.25, 0.3) is 0 Å². The lowest BCUT2D eigenvalue weighted by Crippen LogP contribution is -2.53. The van der Waals surface area contributed by atoms with Crippen LogP contribution in [0.15, 0.2) is 24.3 Å². The molecule has 1 amide bonds. The molecule has 0 aliphatic carbocycles. The zero-order chi connectivity index (χ0) is 48.1. The van der Waals surface area contributed by atoms with Crippen LogP contribution in [0.1, 0.15) is 322 Å². The summed E-state index contributed by atoms with van der Waals surface area (Å²) in [6, 6.07) is -1.01. The molecule has 0 fully saturated rings. The Balaban J connectivity index is 3.64. The lowest BCUT2D eigenvalue weighted by Gasteiger charge is -2.27. The third kappa shape index (κ3) is 47.8. The first-order chi connectivity index (χ1) is 32.5. The fourth-order valence-electron chi connectivity index (χ4n) is 9.48. The van der Waals surface area contributed by atoms with Crippen LogP contribution in [0.25, 0.3) is 0 Å². The van der Waals surface area contributed by atoms with E-state index < -0.39 is 36.9 Å². The molecule has 0 saturated heterocycles. The molecule has 0 aromatic rings. The van der Waals surface area contributed by atoms with Gasteiger partial charge in [-0.25, -0.2) is 0 Å². The number of aliphatic hydroxyl groups is 4. The van der Waals surface area contributed by atoms with Crippen molar-refractivity contribution in [1.82, 2.24) is 5.32 Å². The molecule has 0 aliphatic heterocycles. The van der Waals surface area contributed by atoms with Crippen LogP contribution in [0.5, 0.6) is 0 Å².